The van der Waals surface area contributed by atoms with E-state index >= 15 is 0 Å². The lowest BCUT2D eigenvalue weighted by atomic mass is 9.71. The number of nitrogens with two attached hydrogens (primary N) is 1. The smallest absolute Gasteiger partial charge is 0.261 e. The summed E-state index contributed by atoms with van der Waals surface area (Å²) in [5.74, 6) is 0.588. The summed E-state index contributed by atoms with van der Waals surface area (Å²) in [4.78, 5) is 37.0. The lowest BCUT2D eigenvalue weighted by Crippen LogP contribution is -2.58. The van der Waals surface area contributed by atoms with E-state index in [4.69, 9.17) is 10.7 Å². The Morgan fingerprint density at radius 3 is 2.58 bits per heavy atom. The molecule has 1 aromatic carbocycles. The zero-order valence-corrected chi connectivity index (χ0v) is 26.5. The number of nitrogens with zero attached hydrogens (tertiary/aromatic N) is 2. The number of pyridine rings is 2. The number of H-pyrrole nitrogens is 1. The molecular weight excluding hydrogens is 554 g/mol. The van der Waals surface area contributed by atoms with Gasteiger partial charge in [-0.1, -0.05) is 52.0 Å². The molecule has 2 aliphatic rings. The molecule has 4 aromatic rings. The van der Waals surface area contributed by atoms with Crippen molar-refractivity contribution in [3.8, 4) is 11.1 Å². The molecule has 1 aliphatic heterocycles. The first-order chi connectivity index (χ1) is 20.5. The summed E-state index contributed by atoms with van der Waals surface area (Å²) in [6.07, 6.45) is 5.75. The standard InChI is InChI=1S/C35H43N5O2S/c1-34(2,3)27-10-11-28-25(16-27)15-26-17-30(43-33(26)39-28)32(42)38-29(13-14-40-20-35(4,19-36)21-40)23-7-5-22(6-8-23)24-9-12-31(41)37-18-24/h5-9,12,15,17-18,27,29H,10-11,13-14,16,19-21,36H2,1-4H3,(H,37,41)(H,38,42)/t27-,29+/m0/s1. The second-order valence-corrected chi connectivity index (χ2v) is 15.0. The molecule has 1 fully saturated rings. The van der Waals surface area contributed by atoms with E-state index in [-0.39, 0.29) is 28.3 Å². The van der Waals surface area contributed by atoms with Gasteiger partial charge in [-0.3, -0.25) is 9.59 Å². The van der Waals surface area contributed by atoms with Crippen LogP contribution in [0.4, 0.5) is 0 Å². The Kier molecular flexibility index (Phi) is 8.05. The highest BCUT2D eigenvalue weighted by Crippen LogP contribution is 2.39. The number of carbonyl (C=O) groups excluding carboxylic acids is 1. The van der Waals surface area contributed by atoms with Gasteiger partial charge in [-0.15, -0.1) is 11.3 Å². The van der Waals surface area contributed by atoms with Gasteiger partial charge < -0.3 is 20.9 Å². The molecule has 0 bridgehead atoms. The van der Waals surface area contributed by atoms with Crippen molar-refractivity contribution in [3.05, 3.63) is 86.8 Å². The van der Waals surface area contributed by atoms with Crippen LogP contribution in [0.3, 0.4) is 0 Å². The highest BCUT2D eigenvalue weighted by Gasteiger charge is 2.37. The first kappa shape index (κ1) is 29.7. The monoisotopic (exact) mass is 597 g/mol. The van der Waals surface area contributed by atoms with E-state index in [1.54, 1.807) is 6.20 Å². The fraction of sp³-hybridized carbons (Fsp3) is 0.457. The Balaban J connectivity index is 1.21. The van der Waals surface area contributed by atoms with Crippen molar-refractivity contribution in [2.24, 2.45) is 22.5 Å². The number of hydrogen-bond donors (Lipinski definition) is 3. The second kappa shape index (κ2) is 11.6. The quantitative estimate of drug-likeness (QED) is 0.233. The van der Waals surface area contributed by atoms with Crippen molar-refractivity contribution >= 4 is 27.5 Å². The van der Waals surface area contributed by atoms with Crippen LogP contribution in [-0.2, 0) is 12.8 Å². The fourth-order valence-corrected chi connectivity index (χ4v) is 7.59. The van der Waals surface area contributed by atoms with Gasteiger partial charge in [0, 0.05) is 54.9 Å². The van der Waals surface area contributed by atoms with Crippen LogP contribution in [0.15, 0.2) is 59.5 Å². The largest absolute Gasteiger partial charge is 0.344 e. The summed E-state index contributed by atoms with van der Waals surface area (Å²) in [6, 6.07) is 15.8. The van der Waals surface area contributed by atoms with E-state index in [1.807, 2.05) is 12.1 Å². The average Bonchev–Trinajstić information content (AvgIpc) is 3.39. The number of likely N-dealkylation sites (tertiary alicyclic amines) is 1. The van der Waals surface area contributed by atoms with Gasteiger partial charge in [-0.05, 0) is 77.5 Å². The Hall–Kier alpha value is -3.33. The highest BCUT2D eigenvalue weighted by atomic mass is 32.1. The molecule has 1 amide bonds. The SMILES string of the molecule is CC1(CN)CN(CC[C@@H](NC(=O)c2cc3cc4c(nc3s2)CC[C@H](C(C)(C)C)C4)c2ccc(-c3ccc(=O)[nH]c3)cc2)C1. The number of aromatic nitrogens is 2. The summed E-state index contributed by atoms with van der Waals surface area (Å²) >= 11 is 1.49. The first-order valence-corrected chi connectivity index (χ1v) is 16.3. The van der Waals surface area contributed by atoms with Crippen molar-refractivity contribution in [2.45, 2.75) is 59.4 Å². The Bertz CT molecular complexity index is 1660. The molecule has 1 saturated heterocycles. The van der Waals surface area contributed by atoms with Crippen molar-refractivity contribution < 1.29 is 4.79 Å². The molecule has 7 nitrogen and oxygen atoms in total. The molecule has 6 rings (SSSR count). The van der Waals surface area contributed by atoms with Gasteiger partial charge in [-0.25, -0.2) is 4.98 Å². The maximum absolute atomic E-state index is 13.7. The molecule has 43 heavy (non-hydrogen) atoms. The number of aromatic amines is 1. The Morgan fingerprint density at radius 2 is 1.91 bits per heavy atom. The number of benzene rings is 1. The molecule has 0 unspecified atom stereocenters. The normalized spacial score (nSPS) is 19.0. The number of amides is 1. The van der Waals surface area contributed by atoms with Crippen molar-refractivity contribution in [2.75, 3.05) is 26.2 Å². The van der Waals surface area contributed by atoms with E-state index in [9.17, 15) is 9.59 Å². The summed E-state index contributed by atoms with van der Waals surface area (Å²) in [6.45, 7) is 12.8. The van der Waals surface area contributed by atoms with Crippen molar-refractivity contribution in [3.63, 3.8) is 0 Å². The van der Waals surface area contributed by atoms with Crippen LogP contribution in [-0.4, -0.2) is 47.0 Å². The molecule has 0 spiro atoms. The van der Waals surface area contributed by atoms with Crippen LogP contribution >= 0.6 is 11.3 Å². The van der Waals surface area contributed by atoms with E-state index in [0.29, 0.717) is 17.3 Å². The van der Waals surface area contributed by atoms with Gasteiger partial charge in [0.2, 0.25) is 5.56 Å². The van der Waals surface area contributed by atoms with E-state index in [0.717, 1.165) is 72.2 Å². The predicted molar refractivity (Wildman–Crippen MR) is 176 cm³/mol. The number of thiophene rings is 1. The number of hydrogen-bond acceptors (Lipinski definition) is 6. The van der Waals surface area contributed by atoms with Crippen LogP contribution in [0.2, 0.25) is 0 Å². The van der Waals surface area contributed by atoms with E-state index in [1.165, 1.54) is 28.7 Å². The van der Waals surface area contributed by atoms with Gasteiger partial charge in [0.25, 0.3) is 5.91 Å². The van der Waals surface area contributed by atoms with Crippen molar-refractivity contribution in [1.29, 1.82) is 0 Å². The molecule has 0 saturated carbocycles. The minimum Gasteiger partial charge on any atom is -0.344 e. The maximum Gasteiger partial charge on any atom is 0.261 e. The number of nitrogens with one attached hydrogen (secondary N) is 2. The molecule has 0 radical (unpaired) electrons. The lowest BCUT2D eigenvalue weighted by Gasteiger charge is -2.48. The fourth-order valence-electron chi connectivity index (χ4n) is 6.66. The first-order valence-electron chi connectivity index (χ1n) is 15.4. The molecule has 1 aliphatic carbocycles. The number of aryl methyl sites for hydroxylation is 1. The van der Waals surface area contributed by atoms with Crippen molar-refractivity contribution in [1.82, 2.24) is 20.2 Å². The molecule has 4 N–H and O–H groups in total. The number of rotatable bonds is 8. The lowest BCUT2D eigenvalue weighted by molar-refractivity contribution is 0.0201. The maximum atomic E-state index is 13.7. The van der Waals surface area contributed by atoms with Gasteiger partial charge in [0.05, 0.1) is 10.9 Å². The van der Waals surface area contributed by atoms with Crippen LogP contribution < -0.4 is 16.6 Å². The van der Waals surface area contributed by atoms with Crippen LogP contribution in [0.25, 0.3) is 21.3 Å². The van der Waals surface area contributed by atoms with Gasteiger partial charge in [0.1, 0.15) is 4.83 Å². The van der Waals surface area contributed by atoms with Crippen LogP contribution in [0.5, 0.6) is 0 Å². The number of carbonyl (C=O) groups is 1. The summed E-state index contributed by atoms with van der Waals surface area (Å²) in [5, 5.41) is 4.42. The summed E-state index contributed by atoms with van der Waals surface area (Å²) < 4.78 is 0. The summed E-state index contributed by atoms with van der Waals surface area (Å²) in [5.41, 5.74) is 11.9. The minimum absolute atomic E-state index is 0.0568. The Morgan fingerprint density at radius 1 is 1.16 bits per heavy atom. The average molecular weight is 598 g/mol. The molecule has 4 heterocycles. The van der Waals surface area contributed by atoms with Gasteiger partial charge >= 0.3 is 0 Å². The third-order valence-corrected chi connectivity index (χ3v) is 10.5. The third kappa shape index (κ3) is 6.47. The second-order valence-electron chi connectivity index (χ2n) is 14.0. The number of fused-ring (bicyclic) bond motifs is 2. The van der Waals surface area contributed by atoms with E-state index in [2.05, 4.69) is 73.2 Å². The van der Waals surface area contributed by atoms with Crippen LogP contribution in [0.1, 0.15) is 73.1 Å². The molecule has 226 valence electrons. The van der Waals surface area contributed by atoms with Gasteiger partial charge in [-0.2, -0.15) is 0 Å². The topological polar surface area (TPSA) is 104 Å². The van der Waals surface area contributed by atoms with Gasteiger partial charge in [0.15, 0.2) is 0 Å². The Labute approximate surface area is 257 Å². The minimum atomic E-state index is -0.138. The zero-order chi connectivity index (χ0) is 30.4. The van der Waals surface area contributed by atoms with E-state index < -0.39 is 0 Å². The third-order valence-electron chi connectivity index (χ3n) is 9.49. The molecule has 2 atom stereocenters. The molecule has 8 heteroatoms. The zero-order valence-electron chi connectivity index (χ0n) is 25.7. The summed E-state index contributed by atoms with van der Waals surface area (Å²) in [7, 11) is 0. The highest BCUT2D eigenvalue weighted by molar-refractivity contribution is 7.20. The predicted octanol–water partition coefficient (Wildman–Crippen LogP) is 5.94. The van der Waals surface area contributed by atoms with Crippen LogP contribution in [0, 0.1) is 16.7 Å². The molecule has 3 aromatic heterocycles. The molecular formula is C35H43N5O2S.